The van der Waals surface area contributed by atoms with E-state index in [0.29, 0.717) is 30.7 Å². The largest absolute Gasteiger partial charge is 0.377 e. The second-order valence-corrected chi connectivity index (χ2v) is 10.6. The normalized spacial score (nSPS) is 24.6. The molecule has 0 radical (unpaired) electrons. The fourth-order valence-corrected chi connectivity index (χ4v) is 5.94. The van der Waals surface area contributed by atoms with Crippen LogP contribution in [-0.2, 0) is 19.3 Å². The first-order valence-electron chi connectivity index (χ1n) is 9.17. The average Bonchev–Trinajstić information content (AvgIpc) is 2.61. The molecule has 3 heterocycles. The summed E-state index contributed by atoms with van der Waals surface area (Å²) < 4.78 is 31.1. The summed E-state index contributed by atoms with van der Waals surface area (Å²) in [5.74, 6) is 0.839. The Kier molecular flexibility index (Phi) is 5.96. The van der Waals surface area contributed by atoms with E-state index >= 15 is 0 Å². The van der Waals surface area contributed by atoms with Gasteiger partial charge in [-0.25, -0.2) is 13.4 Å². The van der Waals surface area contributed by atoms with E-state index in [0.717, 1.165) is 37.4 Å². The minimum atomic E-state index is -3.27. The van der Waals surface area contributed by atoms with E-state index in [2.05, 4.69) is 37.6 Å². The van der Waals surface area contributed by atoms with Crippen LogP contribution >= 0.6 is 15.9 Å². The number of morpholine rings is 1. The van der Waals surface area contributed by atoms with Gasteiger partial charge in [0.2, 0.25) is 0 Å². The van der Waals surface area contributed by atoms with Gasteiger partial charge in [0, 0.05) is 12.8 Å². The summed E-state index contributed by atoms with van der Waals surface area (Å²) in [5, 5.41) is 0. The predicted octanol–water partition coefficient (Wildman–Crippen LogP) is 2.42. The van der Waals surface area contributed by atoms with Crippen molar-refractivity contribution in [1.29, 1.82) is 0 Å². The van der Waals surface area contributed by atoms with Crippen molar-refractivity contribution in [3.63, 3.8) is 0 Å². The Bertz CT molecular complexity index is 748. The van der Waals surface area contributed by atoms with Gasteiger partial charge in [-0.05, 0) is 73.0 Å². The van der Waals surface area contributed by atoms with Crippen LogP contribution < -0.4 is 4.90 Å². The van der Waals surface area contributed by atoms with Crippen LogP contribution in [0.5, 0.6) is 0 Å². The molecule has 8 heteroatoms. The molecule has 26 heavy (non-hydrogen) atoms. The third-order valence-corrected chi connectivity index (χ3v) is 8.27. The maximum atomic E-state index is 12.8. The van der Waals surface area contributed by atoms with Crippen LogP contribution in [0.25, 0.3) is 0 Å². The molecule has 0 bridgehead atoms. The number of hydrogen-bond donors (Lipinski definition) is 0. The molecular formula is C18H28BrN3O3S. The van der Waals surface area contributed by atoms with Crippen molar-refractivity contribution in [2.75, 3.05) is 51.1 Å². The summed E-state index contributed by atoms with van der Waals surface area (Å²) >= 11 is 3.52. The van der Waals surface area contributed by atoms with E-state index in [-0.39, 0.29) is 6.04 Å². The molecule has 0 saturated carbocycles. The summed E-state index contributed by atoms with van der Waals surface area (Å²) in [4.78, 5) is 9.10. The quantitative estimate of drug-likeness (QED) is 0.663. The van der Waals surface area contributed by atoms with Crippen molar-refractivity contribution < 1.29 is 13.2 Å². The van der Waals surface area contributed by atoms with Gasteiger partial charge in [-0.1, -0.05) is 6.92 Å². The number of rotatable bonds is 4. The summed E-state index contributed by atoms with van der Waals surface area (Å²) in [6.07, 6.45) is 3.55. The molecule has 1 atom stereocenters. The van der Waals surface area contributed by atoms with E-state index in [4.69, 9.17) is 4.74 Å². The SMILES string of the molecule is CC[C@H]1COCCN1c1cc(C2(S(C)(=O)=O)CCN(C)CC2)cc(Br)n1. The molecule has 146 valence electrons. The number of anilines is 1. The first-order chi connectivity index (χ1) is 12.3. The topological polar surface area (TPSA) is 62.7 Å². The van der Waals surface area contributed by atoms with Crippen LogP contribution in [0.3, 0.4) is 0 Å². The average molecular weight is 446 g/mol. The van der Waals surface area contributed by atoms with Crippen LogP contribution in [0.15, 0.2) is 16.7 Å². The molecule has 2 saturated heterocycles. The van der Waals surface area contributed by atoms with Crippen molar-refractivity contribution in [3.05, 3.63) is 22.3 Å². The van der Waals surface area contributed by atoms with E-state index in [9.17, 15) is 8.42 Å². The lowest BCUT2D eigenvalue weighted by molar-refractivity contribution is 0.0925. The van der Waals surface area contributed by atoms with Gasteiger partial charge < -0.3 is 14.5 Å². The van der Waals surface area contributed by atoms with Gasteiger partial charge in [0.15, 0.2) is 9.84 Å². The van der Waals surface area contributed by atoms with Crippen molar-refractivity contribution in [1.82, 2.24) is 9.88 Å². The molecule has 0 spiro atoms. The van der Waals surface area contributed by atoms with Crippen LogP contribution in [0.1, 0.15) is 31.7 Å². The van der Waals surface area contributed by atoms with E-state index in [1.165, 1.54) is 6.26 Å². The van der Waals surface area contributed by atoms with Gasteiger partial charge in [0.05, 0.1) is 24.0 Å². The molecule has 1 aromatic rings. The highest BCUT2D eigenvalue weighted by molar-refractivity contribution is 9.10. The van der Waals surface area contributed by atoms with Gasteiger partial charge in [-0.2, -0.15) is 0 Å². The predicted molar refractivity (Wildman–Crippen MR) is 107 cm³/mol. The molecule has 0 aliphatic carbocycles. The Morgan fingerprint density at radius 1 is 1.31 bits per heavy atom. The van der Waals surface area contributed by atoms with E-state index < -0.39 is 14.6 Å². The lowest BCUT2D eigenvalue weighted by atomic mass is 9.88. The van der Waals surface area contributed by atoms with E-state index in [1.807, 2.05) is 19.2 Å². The lowest BCUT2D eigenvalue weighted by Crippen LogP contribution is -2.47. The van der Waals surface area contributed by atoms with Crippen LogP contribution in [0, 0.1) is 0 Å². The highest BCUT2D eigenvalue weighted by atomic mass is 79.9. The van der Waals surface area contributed by atoms with Crippen LogP contribution in [0.4, 0.5) is 5.82 Å². The minimum absolute atomic E-state index is 0.269. The fourth-order valence-electron chi connectivity index (χ4n) is 4.04. The Balaban J connectivity index is 2.05. The molecule has 0 aromatic carbocycles. The fraction of sp³-hybridized carbons (Fsp3) is 0.722. The number of nitrogens with zero attached hydrogens (tertiary/aromatic N) is 3. The highest BCUT2D eigenvalue weighted by Gasteiger charge is 2.45. The highest BCUT2D eigenvalue weighted by Crippen LogP contribution is 2.42. The maximum Gasteiger partial charge on any atom is 0.157 e. The summed E-state index contributed by atoms with van der Waals surface area (Å²) in [5.41, 5.74) is 0.853. The molecule has 2 fully saturated rings. The van der Waals surface area contributed by atoms with Gasteiger partial charge in [0.25, 0.3) is 0 Å². The zero-order valence-electron chi connectivity index (χ0n) is 15.7. The third kappa shape index (κ3) is 3.79. The number of ether oxygens (including phenoxy) is 1. The smallest absolute Gasteiger partial charge is 0.157 e. The molecule has 0 amide bonds. The Hall–Kier alpha value is -0.700. The number of likely N-dealkylation sites (tertiary alicyclic amines) is 1. The number of halogens is 1. The molecular weight excluding hydrogens is 418 g/mol. The molecule has 0 unspecified atom stereocenters. The molecule has 0 N–H and O–H groups in total. The van der Waals surface area contributed by atoms with Gasteiger partial charge in [-0.3, -0.25) is 0 Å². The second kappa shape index (κ2) is 7.73. The second-order valence-electron chi connectivity index (χ2n) is 7.44. The Labute approximate surface area is 165 Å². The monoisotopic (exact) mass is 445 g/mol. The number of piperidine rings is 1. The number of aromatic nitrogens is 1. The van der Waals surface area contributed by atoms with Gasteiger partial charge >= 0.3 is 0 Å². The lowest BCUT2D eigenvalue weighted by Gasteiger charge is -2.41. The minimum Gasteiger partial charge on any atom is -0.377 e. The zero-order chi connectivity index (χ0) is 18.9. The molecule has 2 aliphatic rings. The summed E-state index contributed by atoms with van der Waals surface area (Å²) in [7, 11) is -1.22. The molecule has 6 nitrogen and oxygen atoms in total. The third-order valence-electron chi connectivity index (χ3n) is 5.80. The van der Waals surface area contributed by atoms with Crippen molar-refractivity contribution >= 4 is 31.6 Å². The molecule has 3 rings (SSSR count). The number of sulfone groups is 1. The van der Waals surface area contributed by atoms with Crippen molar-refractivity contribution in [2.24, 2.45) is 0 Å². The standard InChI is InChI=1S/C18H28BrN3O3S/c1-4-15-13-25-10-9-22(15)17-12-14(11-16(19)20-17)18(26(3,23)24)5-7-21(2)8-6-18/h11-12,15H,4-10,13H2,1-3H3/t15-/m0/s1. The van der Waals surface area contributed by atoms with Crippen LogP contribution in [0.2, 0.25) is 0 Å². The maximum absolute atomic E-state index is 12.8. The molecule has 1 aromatic heterocycles. The molecule has 2 aliphatic heterocycles. The van der Waals surface area contributed by atoms with Gasteiger partial charge in [-0.15, -0.1) is 0 Å². The zero-order valence-corrected chi connectivity index (χ0v) is 18.1. The van der Waals surface area contributed by atoms with Crippen LogP contribution in [-0.4, -0.2) is 70.5 Å². The Morgan fingerprint density at radius 2 is 2.00 bits per heavy atom. The first-order valence-corrected chi connectivity index (χ1v) is 11.9. The summed E-state index contributed by atoms with van der Waals surface area (Å²) in [6.45, 7) is 5.81. The van der Waals surface area contributed by atoms with Gasteiger partial charge in [0.1, 0.15) is 10.4 Å². The van der Waals surface area contributed by atoms with Crippen molar-refractivity contribution in [2.45, 2.75) is 37.0 Å². The van der Waals surface area contributed by atoms with E-state index in [1.54, 1.807) is 0 Å². The van der Waals surface area contributed by atoms with Crippen molar-refractivity contribution in [3.8, 4) is 0 Å². The summed E-state index contributed by atoms with van der Waals surface area (Å²) in [6, 6.07) is 4.15. The Morgan fingerprint density at radius 3 is 2.62 bits per heavy atom. The number of pyridine rings is 1. The number of hydrogen-bond acceptors (Lipinski definition) is 6. The first kappa shape index (κ1) is 20.0.